The zero-order valence-electron chi connectivity index (χ0n) is 8.47. The molecule has 0 saturated carbocycles. The lowest BCUT2D eigenvalue weighted by Crippen LogP contribution is -2.28. The van der Waals surface area contributed by atoms with E-state index in [1.54, 1.807) is 6.07 Å². The Hall–Kier alpha value is -1.46. The summed E-state index contributed by atoms with van der Waals surface area (Å²) in [5.41, 5.74) is 0.925. The third-order valence-corrected chi connectivity index (χ3v) is 1.98. The molecule has 0 bridgehead atoms. The van der Waals surface area contributed by atoms with Gasteiger partial charge in [0.05, 0.1) is 17.9 Å². The predicted molar refractivity (Wildman–Crippen MR) is 54.6 cm³/mol. The highest BCUT2D eigenvalue weighted by molar-refractivity contribution is 5.87. The van der Waals surface area contributed by atoms with Crippen LogP contribution in [0.1, 0.15) is 23.0 Å². The van der Waals surface area contributed by atoms with E-state index in [4.69, 9.17) is 10.2 Å². The Bertz CT molecular complexity index is 324. The van der Waals surface area contributed by atoms with Gasteiger partial charge in [-0.1, -0.05) is 0 Å². The number of aromatic carboxylic acids is 1. The summed E-state index contributed by atoms with van der Waals surface area (Å²) in [7, 11) is 0. The first-order chi connectivity index (χ1) is 7.13. The lowest BCUT2D eigenvalue weighted by atomic mass is 10.2. The van der Waals surface area contributed by atoms with Crippen molar-refractivity contribution in [2.45, 2.75) is 19.5 Å². The molecule has 1 unspecified atom stereocenters. The number of aliphatic hydroxyl groups excluding tert-OH is 1. The Labute approximate surface area is 87.8 Å². The minimum absolute atomic E-state index is 0.00551. The average Bonchev–Trinajstić information content (AvgIpc) is 2.26. The molecule has 0 fully saturated rings. The van der Waals surface area contributed by atoms with Crippen LogP contribution in [0, 0.1) is 0 Å². The molecule has 0 aliphatic heterocycles. The van der Waals surface area contributed by atoms with E-state index in [2.05, 4.69) is 10.3 Å². The monoisotopic (exact) mass is 210 g/mol. The van der Waals surface area contributed by atoms with Crippen LogP contribution in [0.2, 0.25) is 0 Å². The van der Waals surface area contributed by atoms with Crippen LogP contribution >= 0.6 is 0 Å². The second-order valence-corrected chi connectivity index (χ2v) is 3.31. The highest BCUT2D eigenvalue weighted by Crippen LogP contribution is 2.00. The Morgan fingerprint density at radius 2 is 2.33 bits per heavy atom. The van der Waals surface area contributed by atoms with Crippen molar-refractivity contribution in [3.05, 3.63) is 29.6 Å². The normalized spacial score (nSPS) is 12.4. The number of aliphatic hydroxyl groups is 1. The van der Waals surface area contributed by atoms with Gasteiger partial charge >= 0.3 is 5.97 Å². The van der Waals surface area contributed by atoms with Crippen LogP contribution in [-0.4, -0.2) is 33.8 Å². The van der Waals surface area contributed by atoms with E-state index in [9.17, 15) is 4.79 Å². The number of rotatable bonds is 5. The zero-order valence-corrected chi connectivity index (χ0v) is 8.47. The third-order valence-electron chi connectivity index (χ3n) is 1.98. The summed E-state index contributed by atoms with van der Waals surface area (Å²) < 4.78 is 0. The fourth-order valence-electron chi connectivity index (χ4n) is 0.999. The molecule has 0 radical (unpaired) electrons. The molecule has 0 saturated heterocycles. The van der Waals surface area contributed by atoms with Crippen molar-refractivity contribution < 1.29 is 15.0 Å². The lowest BCUT2D eigenvalue weighted by Gasteiger charge is -2.09. The number of nitrogens with one attached hydrogen (secondary N) is 1. The largest absolute Gasteiger partial charge is 0.478 e. The molecule has 0 aromatic carbocycles. The fraction of sp³-hybridized carbons (Fsp3) is 0.400. The summed E-state index contributed by atoms with van der Waals surface area (Å²) in [6.45, 7) is 2.43. The Kier molecular flexibility index (Phi) is 4.20. The number of carbonyl (C=O) groups is 1. The molecular formula is C10H14N2O3. The molecule has 5 heteroatoms. The Morgan fingerprint density at radius 3 is 2.80 bits per heavy atom. The molecule has 0 amide bonds. The van der Waals surface area contributed by atoms with Crippen molar-refractivity contribution >= 4 is 5.97 Å². The average molecular weight is 210 g/mol. The predicted octanol–water partition coefficient (Wildman–Crippen LogP) is 0.250. The number of carboxylic acid groups (broad SMARTS) is 1. The van der Waals surface area contributed by atoms with Crippen LogP contribution in [0.3, 0.4) is 0 Å². The highest BCUT2D eigenvalue weighted by Gasteiger charge is 2.03. The minimum Gasteiger partial charge on any atom is -0.478 e. The molecule has 3 N–H and O–H groups in total. The second kappa shape index (κ2) is 5.43. The van der Waals surface area contributed by atoms with Crippen LogP contribution < -0.4 is 5.32 Å². The summed E-state index contributed by atoms with van der Waals surface area (Å²) in [6, 6.07) is 3.17. The van der Waals surface area contributed by atoms with Crippen LogP contribution in [0.4, 0.5) is 0 Å². The van der Waals surface area contributed by atoms with Crippen molar-refractivity contribution in [3.8, 4) is 0 Å². The molecule has 15 heavy (non-hydrogen) atoms. The SMILES string of the molecule is CC(CO)NCc1ccc(C(=O)O)cn1. The topological polar surface area (TPSA) is 82.5 Å². The van der Waals surface area contributed by atoms with Crippen molar-refractivity contribution in [2.75, 3.05) is 6.61 Å². The Morgan fingerprint density at radius 1 is 1.60 bits per heavy atom. The number of carboxylic acids is 1. The fourth-order valence-corrected chi connectivity index (χ4v) is 0.999. The van der Waals surface area contributed by atoms with Gasteiger partial charge in [0.1, 0.15) is 0 Å². The van der Waals surface area contributed by atoms with Gasteiger partial charge in [0.2, 0.25) is 0 Å². The van der Waals surface area contributed by atoms with Crippen molar-refractivity contribution in [1.29, 1.82) is 0 Å². The molecule has 1 aromatic rings. The second-order valence-electron chi connectivity index (χ2n) is 3.31. The van der Waals surface area contributed by atoms with E-state index in [-0.39, 0.29) is 18.2 Å². The van der Waals surface area contributed by atoms with Gasteiger partial charge in [0, 0.05) is 18.8 Å². The quantitative estimate of drug-likeness (QED) is 0.649. The molecule has 0 spiro atoms. The summed E-state index contributed by atoms with van der Waals surface area (Å²) >= 11 is 0. The van der Waals surface area contributed by atoms with Crippen molar-refractivity contribution in [3.63, 3.8) is 0 Å². The first kappa shape index (κ1) is 11.6. The number of hydrogen-bond acceptors (Lipinski definition) is 4. The first-order valence-corrected chi connectivity index (χ1v) is 4.66. The van der Waals surface area contributed by atoms with Gasteiger partial charge in [0.15, 0.2) is 0 Å². The molecule has 1 aromatic heterocycles. The van der Waals surface area contributed by atoms with Crippen LogP contribution in [0.25, 0.3) is 0 Å². The molecule has 0 aliphatic rings. The summed E-state index contributed by atoms with van der Waals surface area (Å²) in [4.78, 5) is 14.5. The van der Waals surface area contributed by atoms with Gasteiger partial charge in [-0.3, -0.25) is 4.98 Å². The number of aromatic nitrogens is 1. The molecule has 1 heterocycles. The molecule has 5 nitrogen and oxygen atoms in total. The van der Waals surface area contributed by atoms with Gasteiger partial charge in [-0.15, -0.1) is 0 Å². The van der Waals surface area contributed by atoms with E-state index in [1.807, 2.05) is 6.92 Å². The van der Waals surface area contributed by atoms with Crippen LogP contribution in [0.5, 0.6) is 0 Å². The molecule has 1 atom stereocenters. The van der Waals surface area contributed by atoms with Crippen LogP contribution in [-0.2, 0) is 6.54 Å². The third kappa shape index (κ3) is 3.65. The first-order valence-electron chi connectivity index (χ1n) is 4.66. The highest BCUT2D eigenvalue weighted by atomic mass is 16.4. The standard InChI is InChI=1S/C10H14N2O3/c1-7(6-13)11-5-9-3-2-8(4-12-9)10(14)15/h2-4,7,11,13H,5-6H2,1H3,(H,14,15). The van der Waals surface area contributed by atoms with E-state index in [1.165, 1.54) is 12.3 Å². The smallest absolute Gasteiger partial charge is 0.337 e. The number of hydrogen-bond donors (Lipinski definition) is 3. The maximum absolute atomic E-state index is 10.5. The van der Waals surface area contributed by atoms with Gasteiger partial charge in [0.25, 0.3) is 0 Å². The van der Waals surface area contributed by atoms with Gasteiger partial charge in [-0.2, -0.15) is 0 Å². The minimum atomic E-state index is -0.981. The van der Waals surface area contributed by atoms with E-state index in [0.29, 0.717) is 6.54 Å². The van der Waals surface area contributed by atoms with Crippen LogP contribution in [0.15, 0.2) is 18.3 Å². The number of pyridine rings is 1. The lowest BCUT2D eigenvalue weighted by molar-refractivity contribution is 0.0696. The molecule has 1 rings (SSSR count). The van der Waals surface area contributed by atoms with Gasteiger partial charge in [-0.25, -0.2) is 4.79 Å². The maximum atomic E-state index is 10.5. The molecular weight excluding hydrogens is 196 g/mol. The van der Waals surface area contributed by atoms with Crippen molar-refractivity contribution in [1.82, 2.24) is 10.3 Å². The molecule has 0 aliphatic carbocycles. The van der Waals surface area contributed by atoms with Gasteiger partial charge in [-0.05, 0) is 19.1 Å². The van der Waals surface area contributed by atoms with Crippen molar-refractivity contribution in [2.24, 2.45) is 0 Å². The molecule has 82 valence electrons. The summed E-state index contributed by atoms with van der Waals surface area (Å²) in [5, 5.41) is 20.4. The number of nitrogens with zero attached hydrogens (tertiary/aromatic N) is 1. The van der Waals surface area contributed by atoms with E-state index < -0.39 is 5.97 Å². The summed E-state index contributed by atoms with van der Waals surface area (Å²) in [5.74, 6) is -0.981. The van der Waals surface area contributed by atoms with E-state index in [0.717, 1.165) is 5.69 Å². The zero-order chi connectivity index (χ0) is 11.3. The van der Waals surface area contributed by atoms with Gasteiger partial charge < -0.3 is 15.5 Å². The van der Waals surface area contributed by atoms with E-state index >= 15 is 0 Å². The maximum Gasteiger partial charge on any atom is 0.337 e. The summed E-state index contributed by atoms with van der Waals surface area (Å²) in [6.07, 6.45) is 1.32. The Balaban J connectivity index is 2.53.